The summed E-state index contributed by atoms with van der Waals surface area (Å²) in [7, 11) is 1.65. The smallest absolute Gasteiger partial charge is 0.255 e. The van der Waals surface area contributed by atoms with Crippen LogP contribution in [0, 0.1) is 6.92 Å². The second-order valence-electron chi connectivity index (χ2n) is 5.46. The Labute approximate surface area is 131 Å². The van der Waals surface area contributed by atoms with Crippen molar-refractivity contribution >= 4 is 0 Å². The zero-order chi connectivity index (χ0) is 16.1. The number of aromatic nitrogens is 1. The van der Waals surface area contributed by atoms with E-state index in [-0.39, 0.29) is 12.1 Å². The van der Waals surface area contributed by atoms with Crippen molar-refractivity contribution in [2.24, 2.45) is 5.73 Å². The number of nitrogens with zero attached hydrogens (tertiary/aromatic N) is 1. The lowest BCUT2D eigenvalue weighted by molar-refractivity contribution is 0.415. The van der Waals surface area contributed by atoms with Crippen LogP contribution in [0.5, 0.6) is 5.75 Å². The summed E-state index contributed by atoms with van der Waals surface area (Å²) in [5.41, 5.74) is 9.28. The average molecular weight is 300 g/mol. The Balaban J connectivity index is 2.66. The van der Waals surface area contributed by atoms with Gasteiger partial charge in [-0.05, 0) is 31.5 Å². The monoisotopic (exact) mass is 300 g/mol. The number of pyridine rings is 1. The summed E-state index contributed by atoms with van der Waals surface area (Å²) in [5.74, 6) is 0.774. The maximum Gasteiger partial charge on any atom is 0.255 e. The zero-order valence-corrected chi connectivity index (χ0v) is 13.6. The van der Waals surface area contributed by atoms with Crippen molar-refractivity contribution in [1.29, 1.82) is 0 Å². The van der Waals surface area contributed by atoms with E-state index >= 15 is 0 Å². The van der Waals surface area contributed by atoms with Gasteiger partial charge in [0.15, 0.2) is 0 Å². The predicted molar refractivity (Wildman–Crippen MR) is 90.2 cm³/mol. The third-order valence-corrected chi connectivity index (χ3v) is 3.84. The molecule has 2 rings (SSSR count). The molecule has 0 aliphatic heterocycles. The van der Waals surface area contributed by atoms with Gasteiger partial charge in [0.2, 0.25) is 0 Å². The van der Waals surface area contributed by atoms with Crippen LogP contribution in [0.3, 0.4) is 0 Å². The first-order chi connectivity index (χ1) is 10.6. The number of nitrogens with two attached hydrogens (primary N) is 1. The van der Waals surface area contributed by atoms with Crippen LogP contribution < -0.4 is 16.0 Å². The molecule has 0 saturated heterocycles. The van der Waals surface area contributed by atoms with Crippen molar-refractivity contribution in [3.8, 4) is 17.0 Å². The first kappa shape index (κ1) is 16.3. The molecule has 0 aliphatic rings. The summed E-state index contributed by atoms with van der Waals surface area (Å²) < 4.78 is 7.29. The zero-order valence-electron chi connectivity index (χ0n) is 13.6. The minimum atomic E-state index is -0.00277. The van der Waals surface area contributed by atoms with E-state index in [1.54, 1.807) is 7.11 Å². The number of unbranched alkanes of at least 4 members (excludes halogenated alkanes) is 1. The van der Waals surface area contributed by atoms with E-state index in [1.165, 1.54) is 0 Å². The van der Waals surface area contributed by atoms with Gasteiger partial charge in [-0.3, -0.25) is 4.79 Å². The first-order valence-electron chi connectivity index (χ1n) is 7.70. The fourth-order valence-electron chi connectivity index (χ4n) is 2.57. The van der Waals surface area contributed by atoms with Crippen LogP contribution in [-0.2, 0) is 13.1 Å². The Morgan fingerprint density at radius 2 is 2.00 bits per heavy atom. The Hall–Kier alpha value is -2.07. The summed E-state index contributed by atoms with van der Waals surface area (Å²) in [4.78, 5) is 12.6. The molecule has 2 N–H and O–H groups in total. The van der Waals surface area contributed by atoms with Gasteiger partial charge in [-0.25, -0.2) is 0 Å². The van der Waals surface area contributed by atoms with Crippen molar-refractivity contribution in [2.45, 2.75) is 39.8 Å². The lowest BCUT2D eigenvalue weighted by Crippen LogP contribution is -2.26. The normalized spacial score (nSPS) is 10.7. The highest BCUT2D eigenvalue weighted by Crippen LogP contribution is 2.30. The van der Waals surface area contributed by atoms with Gasteiger partial charge >= 0.3 is 0 Å². The molecular formula is C18H24N2O2. The topological polar surface area (TPSA) is 57.2 Å². The van der Waals surface area contributed by atoms with Crippen LogP contribution >= 0.6 is 0 Å². The van der Waals surface area contributed by atoms with E-state index in [9.17, 15) is 4.79 Å². The quantitative estimate of drug-likeness (QED) is 0.892. The summed E-state index contributed by atoms with van der Waals surface area (Å²) in [6, 6.07) is 9.79. The van der Waals surface area contributed by atoms with Crippen LogP contribution in [0.1, 0.15) is 30.9 Å². The molecule has 4 heteroatoms. The van der Waals surface area contributed by atoms with Gasteiger partial charge < -0.3 is 15.0 Å². The van der Waals surface area contributed by atoms with Crippen molar-refractivity contribution in [3.63, 3.8) is 0 Å². The van der Waals surface area contributed by atoms with Crippen LogP contribution in [0.4, 0.5) is 0 Å². The largest absolute Gasteiger partial charge is 0.496 e. The first-order valence-corrected chi connectivity index (χ1v) is 7.70. The Morgan fingerprint density at radius 3 is 2.64 bits per heavy atom. The Morgan fingerprint density at radius 1 is 1.23 bits per heavy atom. The van der Waals surface area contributed by atoms with E-state index in [1.807, 2.05) is 35.8 Å². The second-order valence-corrected chi connectivity index (χ2v) is 5.46. The molecule has 22 heavy (non-hydrogen) atoms. The Kier molecular flexibility index (Phi) is 5.39. The highest BCUT2D eigenvalue weighted by molar-refractivity contribution is 5.68. The molecule has 0 bridgehead atoms. The molecule has 0 unspecified atom stereocenters. The van der Waals surface area contributed by atoms with E-state index in [0.29, 0.717) is 12.1 Å². The SMILES string of the molecule is CCCCn1c(-c2cc(C)ccc2OC)ccc(CN)c1=O. The molecule has 1 aromatic carbocycles. The standard InChI is InChI=1S/C18H24N2O2/c1-4-5-10-20-16(8-7-14(12-19)18(20)21)15-11-13(2)6-9-17(15)22-3/h6-9,11H,4-5,10,12,19H2,1-3H3. The number of methoxy groups -OCH3 is 1. The minimum absolute atomic E-state index is 0.00277. The fourth-order valence-corrected chi connectivity index (χ4v) is 2.57. The number of aryl methyl sites for hydroxylation is 1. The molecule has 0 fully saturated rings. The molecule has 0 aliphatic carbocycles. The molecule has 2 aromatic rings. The van der Waals surface area contributed by atoms with Crippen molar-refractivity contribution in [1.82, 2.24) is 4.57 Å². The highest BCUT2D eigenvalue weighted by Gasteiger charge is 2.13. The second kappa shape index (κ2) is 7.27. The summed E-state index contributed by atoms with van der Waals surface area (Å²) in [6.07, 6.45) is 1.98. The van der Waals surface area contributed by atoms with E-state index in [4.69, 9.17) is 10.5 Å². The van der Waals surface area contributed by atoms with Gasteiger partial charge in [0.1, 0.15) is 5.75 Å². The van der Waals surface area contributed by atoms with Gasteiger partial charge in [-0.1, -0.05) is 31.0 Å². The van der Waals surface area contributed by atoms with Crippen LogP contribution in [-0.4, -0.2) is 11.7 Å². The lowest BCUT2D eigenvalue weighted by atomic mass is 10.0. The van der Waals surface area contributed by atoms with Gasteiger partial charge in [0.25, 0.3) is 5.56 Å². The number of hydrogen-bond acceptors (Lipinski definition) is 3. The lowest BCUT2D eigenvalue weighted by Gasteiger charge is -2.17. The summed E-state index contributed by atoms with van der Waals surface area (Å²) in [6.45, 7) is 5.10. The van der Waals surface area contributed by atoms with Gasteiger partial charge in [-0.2, -0.15) is 0 Å². The summed E-state index contributed by atoms with van der Waals surface area (Å²) >= 11 is 0. The van der Waals surface area contributed by atoms with Gasteiger partial charge in [0, 0.05) is 24.2 Å². The molecule has 0 spiro atoms. The number of hydrogen-bond donors (Lipinski definition) is 1. The number of rotatable bonds is 6. The molecule has 0 saturated carbocycles. The van der Waals surface area contributed by atoms with E-state index in [2.05, 4.69) is 13.0 Å². The van der Waals surface area contributed by atoms with Crippen molar-refractivity contribution in [3.05, 3.63) is 51.8 Å². The number of benzene rings is 1. The molecule has 0 radical (unpaired) electrons. The predicted octanol–water partition coefficient (Wildman–Crippen LogP) is 3.09. The third kappa shape index (κ3) is 3.22. The van der Waals surface area contributed by atoms with Gasteiger partial charge in [-0.15, -0.1) is 0 Å². The molecule has 0 amide bonds. The minimum Gasteiger partial charge on any atom is -0.496 e. The Bertz CT molecular complexity index is 705. The van der Waals surface area contributed by atoms with Crippen LogP contribution in [0.15, 0.2) is 35.1 Å². The molecular weight excluding hydrogens is 276 g/mol. The summed E-state index contributed by atoms with van der Waals surface area (Å²) in [5, 5.41) is 0. The van der Waals surface area contributed by atoms with Crippen molar-refractivity contribution < 1.29 is 4.74 Å². The van der Waals surface area contributed by atoms with E-state index < -0.39 is 0 Å². The molecule has 0 atom stereocenters. The van der Waals surface area contributed by atoms with Crippen molar-refractivity contribution in [2.75, 3.05) is 7.11 Å². The van der Waals surface area contributed by atoms with Crippen LogP contribution in [0.2, 0.25) is 0 Å². The van der Waals surface area contributed by atoms with Gasteiger partial charge in [0.05, 0.1) is 12.8 Å². The third-order valence-electron chi connectivity index (χ3n) is 3.84. The maximum atomic E-state index is 12.6. The van der Waals surface area contributed by atoms with Crippen LogP contribution in [0.25, 0.3) is 11.3 Å². The van der Waals surface area contributed by atoms with E-state index in [0.717, 1.165) is 35.4 Å². The molecule has 118 valence electrons. The molecule has 1 heterocycles. The highest BCUT2D eigenvalue weighted by atomic mass is 16.5. The number of ether oxygens (including phenoxy) is 1. The molecule has 4 nitrogen and oxygen atoms in total. The fraction of sp³-hybridized carbons (Fsp3) is 0.389. The average Bonchev–Trinajstić information content (AvgIpc) is 2.53. The maximum absolute atomic E-state index is 12.6. The molecule has 1 aromatic heterocycles.